The van der Waals surface area contributed by atoms with Crippen molar-refractivity contribution in [3.05, 3.63) is 82.9 Å². The number of hydrogen-bond donors (Lipinski definition) is 0. The lowest BCUT2D eigenvalue weighted by Gasteiger charge is -2.28. The van der Waals surface area contributed by atoms with Crippen molar-refractivity contribution < 1.29 is 8.78 Å². The molecule has 142 valence electrons. The normalized spacial score (nSPS) is 19.2. The van der Waals surface area contributed by atoms with Crippen LogP contribution in [-0.4, -0.2) is 0 Å². The van der Waals surface area contributed by atoms with E-state index in [-0.39, 0.29) is 11.6 Å². The van der Waals surface area contributed by atoms with Gasteiger partial charge in [0.1, 0.15) is 11.6 Å². The molecule has 0 spiro atoms. The van der Waals surface area contributed by atoms with Crippen LogP contribution in [0.4, 0.5) is 8.78 Å². The van der Waals surface area contributed by atoms with E-state index in [4.69, 9.17) is 0 Å². The zero-order chi connectivity index (χ0) is 19.5. The number of halogens is 2. The van der Waals surface area contributed by atoms with Crippen molar-refractivity contribution in [3.63, 3.8) is 0 Å². The Balaban J connectivity index is 1.52. The molecule has 0 amide bonds. The minimum absolute atomic E-state index is 0.245. The molecule has 0 heterocycles. The number of hydrogen-bond acceptors (Lipinski definition) is 0. The molecule has 2 heteroatoms. The Morgan fingerprint density at radius 3 is 2.32 bits per heavy atom. The van der Waals surface area contributed by atoms with Crippen LogP contribution in [0.1, 0.15) is 61.6 Å². The van der Waals surface area contributed by atoms with Crippen molar-refractivity contribution in [2.24, 2.45) is 5.92 Å². The summed E-state index contributed by atoms with van der Waals surface area (Å²) in [6.07, 6.45) is 6.05. The van der Waals surface area contributed by atoms with E-state index in [0.717, 1.165) is 40.7 Å². The zero-order valence-corrected chi connectivity index (χ0v) is 16.1. The molecule has 0 N–H and O–H groups in total. The molecule has 0 saturated heterocycles. The van der Waals surface area contributed by atoms with Crippen LogP contribution in [0, 0.1) is 29.4 Å². The van der Waals surface area contributed by atoms with E-state index in [1.165, 1.54) is 31.4 Å². The maximum Gasteiger partial charge on any atom is 0.139 e. The Kier molecular flexibility index (Phi) is 5.44. The topological polar surface area (TPSA) is 0 Å². The lowest BCUT2D eigenvalue weighted by molar-refractivity contribution is 0.318. The van der Waals surface area contributed by atoms with Gasteiger partial charge in [-0.1, -0.05) is 43.4 Å². The Morgan fingerprint density at radius 2 is 1.57 bits per heavy atom. The van der Waals surface area contributed by atoms with Gasteiger partial charge < -0.3 is 0 Å². The summed E-state index contributed by atoms with van der Waals surface area (Å²) in [6, 6.07) is 15.8. The van der Waals surface area contributed by atoms with Crippen LogP contribution in [0.3, 0.4) is 0 Å². The predicted octanol–water partition coefficient (Wildman–Crippen LogP) is 7.20. The summed E-state index contributed by atoms with van der Waals surface area (Å²) in [4.78, 5) is 0. The monoisotopic (exact) mass is 374 g/mol. The van der Waals surface area contributed by atoms with Crippen LogP contribution < -0.4 is 0 Å². The fourth-order valence-corrected chi connectivity index (χ4v) is 4.22. The average Bonchev–Trinajstić information content (AvgIpc) is 2.73. The van der Waals surface area contributed by atoms with Gasteiger partial charge >= 0.3 is 0 Å². The van der Waals surface area contributed by atoms with Gasteiger partial charge in [0.15, 0.2) is 0 Å². The summed E-state index contributed by atoms with van der Waals surface area (Å²) < 4.78 is 27.9. The van der Waals surface area contributed by atoms with Gasteiger partial charge in [0.2, 0.25) is 0 Å². The Hall–Kier alpha value is -2.66. The second kappa shape index (κ2) is 8.15. The molecular formula is C26H24F2. The molecule has 3 aromatic rings. The van der Waals surface area contributed by atoms with Gasteiger partial charge in [-0.2, -0.15) is 0 Å². The zero-order valence-electron chi connectivity index (χ0n) is 16.1. The summed E-state index contributed by atoms with van der Waals surface area (Å²) in [6.45, 7) is 2.26. The first kappa shape index (κ1) is 18.7. The van der Waals surface area contributed by atoms with Crippen LogP contribution in [-0.2, 0) is 0 Å². The van der Waals surface area contributed by atoms with Crippen LogP contribution in [0.15, 0.2) is 54.6 Å². The van der Waals surface area contributed by atoms with E-state index in [1.807, 2.05) is 24.3 Å². The van der Waals surface area contributed by atoms with Crippen LogP contribution in [0.5, 0.6) is 0 Å². The van der Waals surface area contributed by atoms with Gasteiger partial charge in [-0.05, 0) is 90.3 Å². The van der Waals surface area contributed by atoms with Crippen LogP contribution in [0.2, 0.25) is 0 Å². The molecule has 0 radical (unpaired) electrons. The quantitative estimate of drug-likeness (QED) is 0.416. The second-order valence-electron chi connectivity index (χ2n) is 7.82. The number of rotatable bonds is 2. The Bertz CT molecular complexity index is 1050. The highest BCUT2D eigenvalue weighted by atomic mass is 19.1. The second-order valence-corrected chi connectivity index (χ2v) is 7.82. The molecule has 1 aliphatic carbocycles. The van der Waals surface area contributed by atoms with E-state index in [9.17, 15) is 8.78 Å². The van der Waals surface area contributed by atoms with Gasteiger partial charge in [-0.25, -0.2) is 8.78 Å². The van der Waals surface area contributed by atoms with E-state index in [0.29, 0.717) is 11.5 Å². The highest BCUT2D eigenvalue weighted by Crippen LogP contribution is 2.37. The third kappa shape index (κ3) is 4.09. The minimum Gasteiger partial charge on any atom is -0.207 e. The first-order valence-corrected chi connectivity index (χ1v) is 10.1. The van der Waals surface area contributed by atoms with Gasteiger partial charge in [0.05, 0.1) is 5.56 Å². The molecule has 4 rings (SSSR count). The average molecular weight is 374 g/mol. The van der Waals surface area contributed by atoms with E-state index in [2.05, 4.69) is 18.8 Å². The lowest BCUT2D eigenvalue weighted by Crippen LogP contribution is -2.12. The molecular weight excluding hydrogens is 350 g/mol. The van der Waals surface area contributed by atoms with E-state index in [1.54, 1.807) is 18.2 Å². The molecule has 0 nitrogen and oxygen atoms in total. The molecule has 0 atom stereocenters. The minimum atomic E-state index is -0.253. The SMILES string of the molecule is CCC1CCC(c2ccc(C#Cc3ccc4cc(F)ccc4c3)c(F)c2)CC1. The summed E-state index contributed by atoms with van der Waals surface area (Å²) in [5.74, 6) is 6.80. The Morgan fingerprint density at radius 1 is 0.821 bits per heavy atom. The molecule has 0 unspecified atom stereocenters. The third-order valence-electron chi connectivity index (χ3n) is 6.03. The van der Waals surface area contributed by atoms with Crippen molar-refractivity contribution in [3.8, 4) is 11.8 Å². The largest absolute Gasteiger partial charge is 0.207 e. The summed E-state index contributed by atoms with van der Waals surface area (Å²) in [7, 11) is 0. The highest BCUT2D eigenvalue weighted by Gasteiger charge is 2.21. The fourth-order valence-electron chi connectivity index (χ4n) is 4.22. The van der Waals surface area contributed by atoms with Crippen molar-refractivity contribution in [2.45, 2.75) is 44.9 Å². The van der Waals surface area contributed by atoms with Gasteiger partial charge in [0.25, 0.3) is 0 Å². The highest BCUT2D eigenvalue weighted by molar-refractivity contribution is 5.83. The van der Waals surface area contributed by atoms with E-state index < -0.39 is 0 Å². The molecule has 1 saturated carbocycles. The first-order chi connectivity index (χ1) is 13.6. The van der Waals surface area contributed by atoms with Crippen molar-refractivity contribution in [1.29, 1.82) is 0 Å². The van der Waals surface area contributed by atoms with Gasteiger partial charge in [-0.15, -0.1) is 0 Å². The van der Waals surface area contributed by atoms with Gasteiger partial charge in [-0.3, -0.25) is 0 Å². The smallest absolute Gasteiger partial charge is 0.139 e. The standard InChI is InChI=1S/C26H24F2/c1-2-18-3-7-20(8-4-18)24-12-11-21(26(28)17-24)9-5-19-6-10-23-16-25(27)14-13-22(23)15-19/h6,10-18,20H,2-4,7-8H2,1H3. The number of benzene rings is 3. The maximum atomic E-state index is 14.6. The molecule has 3 aromatic carbocycles. The number of fused-ring (bicyclic) bond motifs is 1. The first-order valence-electron chi connectivity index (χ1n) is 10.1. The molecule has 0 bridgehead atoms. The fraction of sp³-hybridized carbons (Fsp3) is 0.308. The molecule has 0 aromatic heterocycles. The third-order valence-corrected chi connectivity index (χ3v) is 6.03. The summed E-state index contributed by atoms with van der Waals surface area (Å²) in [5.41, 5.74) is 2.32. The molecule has 1 fully saturated rings. The van der Waals surface area contributed by atoms with Crippen LogP contribution >= 0.6 is 0 Å². The van der Waals surface area contributed by atoms with Gasteiger partial charge in [0, 0.05) is 5.56 Å². The molecule has 0 aliphatic heterocycles. The lowest BCUT2D eigenvalue weighted by atomic mass is 9.78. The molecule has 1 aliphatic rings. The molecule has 28 heavy (non-hydrogen) atoms. The Labute approximate surface area is 165 Å². The summed E-state index contributed by atoms with van der Waals surface area (Å²) in [5, 5.41) is 1.76. The van der Waals surface area contributed by atoms with E-state index >= 15 is 0 Å². The maximum absolute atomic E-state index is 14.6. The van der Waals surface area contributed by atoms with Crippen LogP contribution in [0.25, 0.3) is 10.8 Å². The van der Waals surface area contributed by atoms with Crippen molar-refractivity contribution >= 4 is 10.8 Å². The van der Waals surface area contributed by atoms with Crippen molar-refractivity contribution in [1.82, 2.24) is 0 Å². The summed E-state index contributed by atoms with van der Waals surface area (Å²) >= 11 is 0. The van der Waals surface area contributed by atoms with Crippen molar-refractivity contribution in [2.75, 3.05) is 0 Å². The predicted molar refractivity (Wildman–Crippen MR) is 111 cm³/mol.